The van der Waals surface area contributed by atoms with Gasteiger partial charge in [-0.25, -0.2) is 21.6 Å². The van der Waals surface area contributed by atoms with E-state index in [0.29, 0.717) is 4.47 Å². The van der Waals surface area contributed by atoms with E-state index >= 15 is 0 Å². The zero-order chi connectivity index (χ0) is 19.0. The van der Waals surface area contributed by atoms with Gasteiger partial charge in [-0.3, -0.25) is 4.79 Å². The molecule has 1 amide bonds. The highest BCUT2D eigenvalue weighted by Gasteiger charge is 2.43. The molecular formula is C12H12BrCl3N2O5S2. The lowest BCUT2D eigenvalue weighted by atomic mass is 10.2. The number of rotatable bonds is 4. The number of carbonyl (C=O) groups excluding carboxylic acids is 1. The maximum atomic E-state index is 12.4. The molecule has 25 heavy (non-hydrogen) atoms. The van der Waals surface area contributed by atoms with Crippen molar-refractivity contribution in [1.29, 1.82) is 0 Å². The molecule has 0 unspecified atom stereocenters. The highest BCUT2D eigenvalue weighted by atomic mass is 79.9. The number of nitrogens with one attached hydrogen (secondary N) is 2. The largest absolute Gasteiger partial charge is 0.347 e. The summed E-state index contributed by atoms with van der Waals surface area (Å²) >= 11 is 19.5. The van der Waals surface area contributed by atoms with Crippen molar-refractivity contribution in [3.63, 3.8) is 0 Å². The topological polar surface area (TPSA) is 109 Å². The molecule has 2 atom stereocenters. The summed E-state index contributed by atoms with van der Waals surface area (Å²) in [6.07, 6.45) is 0. The van der Waals surface area contributed by atoms with Crippen LogP contribution in [0.2, 0.25) is 0 Å². The maximum absolute atomic E-state index is 12.4. The molecule has 0 bridgehead atoms. The summed E-state index contributed by atoms with van der Waals surface area (Å²) in [5.41, 5.74) is 0. The fraction of sp³-hybridized carbons (Fsp3) is 0.417. The first-order chi connectivity index (χ1) is 11.3. The minimum Gasteiger partial charge on any atom is -0.347 e. The van der Waals surface area contributed by atoms with Crippen molar-refractivity contribution in [2.45, 2.75) is 20.8 Å². The van der Waals surface area contributed by atoms with Gasteiger partial charge in [0, 0.05) is 4.47 Å². The predicted octanol–water partition coefficient (Wildman–Crippen LogP) is 1.38. The van der Waals surface area contributed by atoms with Crippen LogP contribution < -0.4 is 10.0 Å². The van der Waals surface area contributed by atoms with Crippen molar-refractivity contribution < 1.29 is 21.6 Å². The molecule has 1 aliphatic heterocycles. The van der Waals surface area contributed by atoms with Gasteiger partial charge in [0.2, 0.25) is 10.0 Å². The Kier molecular flexibility index (Phi) is 6.35. The van der Waals surface area contributed by atoms with Gasteiger partial charge in [-0.15, -0.1) is 0 Å². The van der Waals surface area contributed by atoms with Crippen molar-refractivity contribution in [2.75, 3.05) is 11.5 Å². The summed E-state index contributed by atoms with van der Waals surface area (Å²) in [5, 5.41) is 2.26. The Morgan fingerprint density at radius 1 is 1.12 bits per heavy atom. The van der Waals surface area contributed by atoms with Crippen LogP contribution in [0.3, 0.4) is 0 Å². The summed E-state index contributed by atoms with van der Waals surface area (Å²) in [4.78, 5) is 11.7. The molecule has 0 saturated carbocycles. The number of carbonyl (C=O) groups is 1. The summed E-state index contributed by atoms with van der Waals surface area (Å²) in [6, 6.07) is 3.62. The fourth-order valence-electron chi connectivity index (χ4n) is 2.24. The number of amides is 1. The van der Waals surface area contributed by atoms with Crippen LogP contribution in [-0.2, 0) is 24.7 Å². The van der Waals surface area contributed by atoms with E-state index in [1.807, 2.05) is 0 Å². The Balaban J connectivity index is 2.23. The second-order valence-electron chi connectivity index (χ2n) is 5.34. The minimum atomic E-state index is -4.00. The van der Waals surface area contributed by atoms with E-state index in [-0.39, 0.29) is 4.90 Å². The van der Waals surface area contributed by atoms with Gasteiger partial charge in [-0.1, -0.05) is 50.7 Å². The standard InChI is InChI=1S/C12H12BrCl3N2O5S2/c13-7-1-3-8(4-2-7)25(22,23)18-10-6-24(20,21)5-9(10)17-11(19)12(14,15)16/h1-4,9-10,18H,5-6H2,(H,17,19)/t9-,10+/m1/s1. The normalized spacial score (nSPS) is 23.4. The molecule has 1 aliphatic rings. The van der Waals surface area contributed by atoms with Crippen molar-refractivity contribution in [2.24, 2.45) is 0 Å². The molecular weight excluding hydrogens is 503 g/mol. The number of sulfonamides is 1. The second-order valence-corrected chi connectivity index (χ2v) is 12.4. The van der Waals surface area contributed by atoms with Crippen LogP contribution in [0.1, 0.15) is 0 Å². The Morgan fingerprint density at radius 2 is 1.64 bits per heavy atom. The summed E-state index contributed by atoms with van der Waals surface area (Å²) in [7, 11) is -7.58. The Hall–Kier alpha value is -0.100. The number of sulfone groups is 1. The summed E-state index contributed by atoms with van der Waals surface area (Å²) in [5.74, 6) is -1.98. The van der Waals surface area contributed by atoms with Crippen LogP contribution in [0.25, 0.3) is 0 Å². The lowest BCUT2D eigenvalue weighted by molar-refractivity contribution is -0.120. The molecule has 1 aromatic rings. The smallest absolute Gasteiger partial charge is 0.272 e. The molecule has 0 aromatic heterocycles. The zero-order valence-corrected chi connectivity index (χ0v) is 17.7. The molecule has 1 fully saturated rings. The zero-order valence-electron chi connectivity index (χ0n) is 12.2. The van der Waals surface area contributed by atoms with Crippen LogP contribution in [0.4, 0.5) is 0 Å². The van der Waals surface area contributed by atoms with Gasteiger partial charge >= 0.3 is 0 Å². The van der Waals surface area contributed by atoms with Gasteiger partial charge in [0.25, 0.3) is 9.70 Å². The third-order valence-corrected chi connectivity index (χ3v) is 7.64. The van der Waals surface area contributed by atoms with Crippen molar-refractivity contribution in [1.82, 2.24) is 10.0 Å². The number of hydrogen-bond acceptors (Lipinski definition) is 5. The van der Waals surface area contributed by atoms with E-state index in [0.717, 1.165) is 0 Å². The van der Waals surface area contributed by atoms with Crippen molar-refractivity contribution >= 4 is 76.5 Å². The van der Waals surface area contributed by atoms with Gasteiger partial charge in [0.1, 0.15) is 0 Å². The first kappa shape index (κ1) is 21.2. The monoisotopic (exact) mass is 512 g/mol. The molecule has 7 nitrogen and oxygen atoms in total. The van der Waals surface area contributed by atoms with E-state index < -0.39 is 53.1 Å². The van der Waals surface area contributed by atoms with E-state index in [1.165, 1.54) is 24.3 Å². The van der Waals surface area contributed by atoms with Crippen LogP contribution in [0, 0.1) is 0 Å². The molecule has 1 saturated heterocycles. The minimum absolute atomic E-state index is 0.0496. The number of benzene rings is 1. The van der Waals surface area contributed by atoms with Gasteiger partial charge < -0.3 is 5.32 Å². The Labute approximate surface area is 168 Å². The van der Waals surface area contributed by atoms with Gasteiger partial charge in [0.15, 0.2) is 9.84 Å². The van der Waals surface area contributed by atoms with Crippen LogP contribution in [-0.4, -0.2) is 50.1 Å². The van der Waals surface area contributed by atoms with Crippen LogP contribution >= 0.6 is 50.7 Å². The van der Waals surface area contributed by atoms with Crippen LogP contribution in [0.5, 0.6) is 0 Å². The van der Waals surface area contributed by atoms with Crippen LogP contribution in [0.15, 0.2) is 33.6 Å². The predicted molar refractivity (Wildman–Crippen MR) is 99.1 cm³/mol. The number of hydrogen-bond donors (Lipinski definition) is 2. The van der Waals surface area contributed by atoms with Gasteiger partial charge in [-0.2, -0.15) is 0 Å². The second kappa shape index (κ2) is 7.49. The lowest BCUT2D eigenvalue weighted by Crippen LogP contribution is -2.53. The molecule has 0 aliphatic carbocycles. The molecule has 13 heteroatoms. The van der Waals surface area contributed by atoms with Gasteiger partial charge in [0.05, 0.1) is 28.5 Å². The highest BCUT2D eigenvalue weighted by molar-refractivity contribution is 9.10. The average molecular weight is 515 g/mol. The molecule has 140 valence electrons. The molecule has 0 radical (unpaired) electrons. The SMILES string of the molecule is O=C(N[C@@H]1CS(=O)(=O)C[C@@H]1NS(=O)(=O)c1ccc(Br)cc1)C(Cl)(Cl)Cl. The highest BCUT2D eigenvalue weighted by Crippen LogP contribution is 2.27. The molecule has 2 N–H and O–H groups in total. The Morgan fingerprint density at radius 3 is 2.16 bits per heavy atom. The van der Waals surface area contributed by atoms with Crippen molar-refractivity contribution in [3.05, 3.63) is 28.7 Å². The fourth-order valence-corrected chi connectivity index (χ4v) is 5.91. The van der Waals surface area contributed by atoms with Gasteiger partial charge in [-0.05, 0) is 24.3 Å². The molecule has 1 aromatic carbocycles. The first-order valence-electron chi connectivity index (χ1n) is 6.66. The quantitative estimate of drug-likeness (QED) is 0.590. The maximum Gasteiger partial charge on any atom is 0.272 e. The lowest BCUT2D eigenvalue weighted by Gasteiger charge is -2.22. The first-order valence-corrected chi connectivity index (χ1v) is 11.9. The number of halogens is 4. The summed E-state index contributed by atoms with van der Waals surface area (Å²) < 4.78 is 49.2. The number of alkyl halides is 3. The molecule has 1 heterocycles. The van der Waals surface area contributed by atoms with E-state index in [2.05, 4.69) is 26.0 Å². The van der Waals surface area contributed by atoms with E-state index in [4.69, 9.17) is 34.8 Å². The van der Waals surface area contributed by atoms with E-state index in [9.17, 15) is 21.6 Å². The average Bonchev–Trinajstić information content (AvgIpc) is 2.71. The van der Waals surface area contributed by atoms with Crippen molar-refractivity contribution in [3.8, 4) is 0 Å². The molecule has 2 rings (SSSR count). The third kappa shape index (κ3) is 5.69. The summed E-state index contributed by atoms with van der Waals surface area (Å²) in [6.45, 7) is 0. The Bertz CT molecular complexity index is 869. The van der Waals surface area contributed by atoms with E-state index in [1.54, 1.807) is 0 Å². The molecule has 0 spiro atoms. The third-order valence-electron chi connectivity index (χ3n) is 3.36.